The second kappa shape index (κ2) is 17.3. The summed E-state index contributed by atoms with van der Waals surface area (Å²) in [6.07, 6.45) is 5.84. The third-order valence-electron chi connectivity index (χ3n) is 0.490. The van der Waals surface area contributed by atoms with E-state index in [0.717, 1.165) is 0 Å². The number of nitrogens with one attached hydrogen (secondary N) is 1. The zero-order valence-electron chi connectivity index (χ0n) is 7.19. The van der Waals surface area contributed by atoms with Gasteiger partial charge in [0.15, 0.2) is 0 Å². The molecule has 1 rings (SSSR count). The molecule has 1 radical (unpaired) electrons. The molecule has 0 aromatic carbocycles. The minimum absolute atomic E-state index is 0. The van der Waals surface area contributed by atoms with Crippen LogP contribution in [0.25, 0.3) is 0 Å². The largest absolute Gasteiger partial charge is 1.00 e. The van der Waals surface area contributed by atoms with Crippen LogP contribution in [0.15, 0.2) is 23.8 Å². The topological polar surface area (TPSA) is 84.0 Å². The SMILES string of the molecule is C1=CNSC=C1.O.O[B]O.[H-].[K+]. The molecular formula is C4H10BKNO3S. The Labute approximate surface area is 115 Å². The normalized spacial score (nSPS) is 10.7. The van der Waals surface area contributed by atoms with Gasteiger partial charge in [0.1, 0.15) is 0 Å². The molecule has 0 aromatic rings. The van der Waals surface area contributed by atoms with E-state index in [1.807, 2.05) is 23.8 Å². The van der Waals surface area contributed by atoms with Gasteiger partial charge in [-0.3, -0.25) is 0 Å². The molecule has 0 saturated carbocycles. The van der Waals surface area contributed by atoms with Gasteiger partial charge in [-0.2, -0.15) is 0 Å². The maximum atomic E-state index is 7.00. The van der Waals surface area contributed by atoms with Crippen LogP contribution >= 0.6 is 11.9 Å². The van der Waals surface area contributed by atoms with Gasteiger partial charge in [-0.05, 0) is 23.4 Å². The number of hydrogen-bond acceptors (Lipinski definition) is 4. The van der Waals surface area contributed by atoms with Crippen LogP contribution in [0.3, 0.4) is 0 Å². The molecule has 0 amide bonds. The number of allylic oxidation sites excluding steroid dienone is 2. The van der Waals surface area contributed by atoms with E-state index in [0.29, 0.717) is 0 Å². The minimum atomic E-state index is 0. The Morgan fingerprint density at radius 2 is 1.91 bits per heavy atom. The van der Waals surface area contributed by atoms with Crippen LogP contribution in [-0.2, 0) is 0 Å². The molecule has 0 atom stereocenters. The fourth-order valence-corrected chi connectivity index (χ4v) is 0.663. The summed E-state index contributed by atoms with van der Waals surface area (Å²) in [6, 6.07) is 0. The van der Waals surface area contributed by atoms with Gasteiger partial charge >= 0.3 is 59.1 Å². The van der Waals surface area contributed by atoms with E-state index in [4.69, 9.17) is 10.0 Å². The van der Waals surface area contributed by atoms with Gasteiger partial charge in [-0.1, -0.05) is 6.08 Å². The Kier molecular flexibility index (Phi) is 28.5. The second-order valence-corrected chi connectivity index (χ2v) is 1.78. The standard InChI is InChI=1S/C4H5NS.BH2O2.K.H2O.H/c1-2-4-6-5-3-1;2-1-3;;;/h1-5H;2-3H;;1H2;/q;;+1;;-1. The van der Waals surface area contributed by atoms with Crippen molar-refractivity contribution in [3.63, 3.8) is 0 Å². The first-order valence-electron chi connectivity index (χ1n) is 2.24. The summed E-state index contributed by atoms with van der Waals surface area (Å²) in [4.78, 5) is 0. The van der Waals surface area contributed by atoms with E-state index in [1.165, 1.54) is 0 Å². The molecule has 4 nitrogen and oxygen atoms in total. The first kappa shape index (κ1) is 18.1. The molecule has 0 spiro atoms. The number of rotatable bonds is 0. The van der Waals surface area contributed by atoms with Crippen molar-refractivity contribution in [1.29, 1.82) is 0 Å². The molecule has 0 aromatic heterocycles. The third kappa shape index (κ3) is 18.3. The fraction of sp³-hybridized carbons (Fsp3) is 0. The molecule has 7 heteroatoms. The van der Waals surface area contributed by atoms with Crippen LogP contribution in [0.1, 0.15) is 1.43 Å². The zero-order valence-corrected chi connectivity index (χ0v) is 10.1. The van der Waals surface area contributed by atoms with Gasteiger partial charge < -0.3 is 21.7 Å². The van der Waals surface area contributed by atoms with Crippen LogP contribution in [0.2, 0.25) is 0 Å². The smallest absolute Gasteiger partial charge is 1.00 e. The van der Waals surface area contributed by atoms with Gasteiger partial charge in [-0.25, -0.2) is 0 Å². The van der Waals surface area contributed by atoms with Crippen molar-refractivity contribution in [2.75, 3.05) is 0 Å². The Morgan fingerprint density at radius 3 is 2.00 bits per heavy atom. The quantitative estimate of drug-likeness (QED) is 0.276. The first-order valence-corrected chi connectivity index (χ1v) is 3.12. The maximum Gasteiger partial charge on any atom is 1.00 e. The summed E-state index contributed by atoms with van der Waals surface area (Å²) in [5.41, 5.74) is 0. The Bertz CT molecular complexity index is 106. The van der Waals surface area contributed by atoms with Crippen LogP contribution in [-0.4, -0.2) is 23.2 Å². The van der Waals surface area contributed by atoms with E-state index in [9.17, 15) is 0 Å². The van der Waals surface area contributed by atoms with E-state index < -0.39 is 0 Å². The minimum Gasteiger partial charge on any atom is -1.00 e. The summed E-state index contributed by atoms with van der Waals surface area (Å²) < 4.78 is 2.93. The van der Waals surface area contributed by atoms with Crippen LogP contribution in [0.4, 0.5) is 0 Å². The summed E-state index contributed by atoms with van der Waals surface area (Å²) in [5.74, 6) is 0. The van der Waals surface area contributed by atoms with E-state index in [1.54, 1.807) is 11.9 Å². The summed E-state index contributed by atoms with van der Waals surface area (Å²) in [5, 5.41) is 16.0. The maximum absolute atomic E-state index is 7.00. The molecule has 1 heterocycles. The zero-order chi connectivity index (χ0) is 6.95. The van der Waals surface area contributed by atoms with Gasteiger partial charge in [0, 0.05) is 6.20 Å². The van der Waals surface area contributed by atoms with Gasteiger partial charge in [0.25, 0.3) is 0 Å². The molecule has 5 N–H and O–H groups in total. The molecule has 0 bridgehead atoms. The van der Waals surface area contributed by atoms with Crippen molar-refractivity contribution < 1.29 is 68.3 Å². The molecule has 11 heavy (non-hydrogen) atoms. The van der Waals surface area contributed by atoms with Crippen LogP contribution in [0, 0.1) is 0 Å². The molecule has 59 valence electrons. The van der Waals surface area contributed by atoms with Gasteiger partial charge in [0.05, 0.1) is 0 Å². The Morgan fingerprint density at radius 1 is 1.36 bits per heavy atom. The van der Waals surface area contributed by atoms with E-state index in [-0.39, 0.29) is 66.0 Å². The first-order chi connectivity index (χ1) is 4.41. The molecule has 1 aliphatic rings. The van der Waals surface area contributed by atoms with Crippen molar-refractivity contribution in [1.82, 2.24) is 4.72 Å². The molecule has 0 unspecified atom stereocenters. The molecule has 0 fully saturated rings. The molecule has 0 saturated heterocycles. The third-order valence-corrected chi connectivity index (χ3v) is 1.06. The average molecular weight is 202 g/mol. The second-order valence-electron chi connectivity index (χ2n) is 1.04. The summed E-state index contributed by atoms with van der Waals surface area (Å²) in [6.45, 7) is 0. The molecular weight excluding hydrogens is 192 g/mol. The van der Waals surface area contributed by atoms with Crippen LogP contribution < -0.4 is 56.1 Å². The van der Waals surface area contributed by atoms with Crippen molar-refractivity contribution in [2.24, 2.45) is 0 Å². The predicted octanol–water partition coefficient (Wildman–Crippen LogP) is -3.94. The fourth-order valence-electron chi connectivity index (χ4n) is 0.258. The summed E-state index contributed by atoms with van der Waals surface area (Å²) >= 11 is 1.58. The Balaban J connectivity index is -0.0000000489. The van der Waals surface area contributed by atoms with Crippen molar-refractivity contribution in [2.45, 2.75) is 0 Å². The summed E-state index contributed by atoms with van der Waals surface area (Å²) in [7, 11) is 0. The van der Waals surface area contributed by atoms with Gasteiger partial charge in [0.2, 0.25) is 0 Å². The molecule has 0 aliphatic carbocycles. The van der Waals surface area contributed by atoms with Crippen molar-refractivity contribution in [3.05, 3.63) is 23.8 Å². The molecule has 1 aliphatic heterocycles. The van der Waals surface area contributed by atoms with Gasteiger partial charge in [-0.15, -0.1) is 0 Å². The van der Waals surface area contributed by atoms with E-state index >= 15 is 0 Å². The monoisotopic (exact) mass is 202 g/mol. The van der Waals surface area contributed by atoms with Crippen molar-refractivity contribution >= 4 is 19.6 Å². The Hall–Kier alpha value is 1.21. The van der Waals surface area contributed by atoms with Crippen molar-refractivity contribution in [3.8, 4) is 0 Å². The predicted molar refractivity (Wildman–Crippen MR) is 43.9 cm³/mol. The van der Waals surface area contributed by atoms with E-state index in [2.05, 4.69) is 4.72 Å². The van der Waals surface area contributed by atoms with Crippen LogP contribution in [0.5, 0.6) is 0 Å². The number of hydrogen-bond donors (Lipinski definition) is 3. The average Bonchev–Trinajstić information content (AvgIpc) is 1.93.